The highest BCUT2D eigenvalue weighted by Gasteiger charge is 2.24. The lowest BCUT2D eigenvalue weighted by atomic mass is 9.97. The molecule has 4 rings (SSSR count). The van der Waals surface area contributed by atoms with E-state index >= 15 is 0 Å². The standard InChI is InChI=1S/C21H20N2O3/c1-14-5-4-6-15(13-14)19(24)18-16-7-2-3-8-17(16)21(25)22-20(18)23-9-11-26-12-10-23/h2-8,13H,9-12H2,1H3,(H,22,25). The number of morpholine rings is 1. The summed E-state index contributed by atoms with van der Waals surface area (Å²) in [5, 5.41) is 1.21. The van der Waals surface area contributed by atoms with Crippen LogP contribution in [0.2, 0.25) is 0 Å². The maximum Gasteiger partial charge on any atom is 0.257 e. The second-order valence-corrected chi connectivity index (χ2v) is 6.52. The fraction of sp³-hybridized carbons (Fsp3) is 0.238. The quantitative estimate of drug-likeness (QED) is 0.739. The zero-order valence-corrected chi connectivity index (χ0v) is 14.6. The van der Waals surface area contributed by atoms with Gasteiger partial charge in [0, 0.05) is 29.4 Å². The van der Waals surface area contributed by atoms with E-state index in [0.29, 0.717) is 54.0 Å². The molecule has 0 atom stereocenters. The summed E-state index contributed by atoms with van der Waals surface area (Å²) >= 11 is 0. The second-order valence-electron chi connectivity index (χ2n) is 6.52. The molecule has 0 unspecified atom stereocenters. The van der Waals surface area contributed by atoms with Gasteiger partial charge in [0.2, 0.25) is 0 Å². The summed E-state index contributed by atoms with van der Waals surface area (Å²) < 4.78 is 5.42. The number of aryl methyl sites for hydroxylation is 1. The lowest BCUT2D eigenvalue weighted by molar-refractivity contribution is 0.103. The van der Waals surface area contributed by atoms with Crippen LogP contribution in [0, 0.1) is 6.92 Å². The van der Waals surface area contributed by atoms with Gasteiger partial charge < -0.3 is 14.6 Å². The van der Waals surface area contributed by atoms with E-state index in [9.17, 15) is 9.59 Å². The third-order valence-electron chi connectivity index (χ3n) is 4.74. The summed E-state index contributed by atoms with van der Waals surface area (Å²) in [6.45, 7) is 4.40. The number of nitrogens with zero attached hydrogens (tertiary/aromatic N) is 1. The molecule has 0 amide bonds. The second kappa shape index (κ2) is 6.77. The monoisotopic (exact) mass is 348 g/mol. The van der Waals surface area contributed by atoms with Crippen molar-refractivity contribution in [1.29, 1.82) is 0 Å². The molecule has 0 radical (unpaired) electrons. The first-order valence-electron chi connectivity index (χ1n) is 8.74. The molecule has 26 heavy (non-hydrogen) atoms. The van der Waals surface area contributed by atoms with Crippen molar-refractivity contribution in [2.45, 2.75) is 6.92 Å². The van der Waals surface area contributed by atoms with Crippen LogP contribution in [0.4, 0.5) is 5.82 Å². The van der Waals surface area contributed by atoms with Crippen LogP contribution in [0.3, 0.4) is 0 Å². The summed E-state index contributed by atoms with van der Waals surface area (Å²) in [6.07, 6.45) is 0. The topological polar surface area (TPSA) is 62.4 Å². The fourth-order valence-corrected chi connectivity index (χ4v) is 3.45. The largest absolute Gasteiger partial charge is 0.378 e. The van der Waals surface area contributed by atoms with Crippen LogP contribution in [0.15, 0.2) is 53.3 Å². The van der Waals surface area contributed by atoms with E-state index in [1.165, 1.54) is 0 Å². The zero-order valence-electron chi connectivity index (χ0n) is 14.6. The predicted molar refractivity (Wildman–Crippen MR) is 102 cm³/mol. The number of ether oxygens (including phenoxy) is 1. The van der Waals surface area contributed by atoms with Gasteiger partial charge >= 0.3 is 0 Å². The smallest absolute Gasteiger partial charge is 0.257 e. The molecule has 0 bridgehead atoms. The molecular weight excluding hydrogens is 328 g/mol. The van der Waals surface area contributed by atoms with Crippen LogP contribution in [0.5, 0.6) is 0 Å². The molecule has 3 aromatic rings. The Balaban J connectivity index is 1.97. The number of carbonyl (C=O) groups excluding carboxylic acids is 1. The van der Waals surface area contributed by atoms with Gasteiger partial charge in [-0.05, 0) is 19.1 Å². The number of nitrogens with one attached hydrogen (secondary N) is 1. The highest BCUT2D eigenvalue weighted by atomic mass is 16.5. The van der Waals surface area contributed by atoms with Gasteiger partial charge in [0.25, 0.3) is 5.56 Å². The Morgan fingerprint density at radius 1 is 1.04 bits per heavy atom. The predicted octanol–water partition coefficient (Wildman–Crippen LogP) is 2.90. The van der Waals surface area contributed by atoms with Gasteiger partial charge in [-0.3, -0.25) is 9.59 Å². The fourth-order valence-electron chi connectivity index (χ4n) is 3.45. The number of fused-ring (bicyclic) bond motifs is 1. The molecule has 0 aliphatic carbocycles. The van der Waals surface area contributed by atoms with E-state index in [1.54, 1.807) is 6.07 Å². The average Bonchev–Trinajstić information content (AvgIpc) is 2.68. The Bertz CT molecular complexity index is 1030. The number of anilines is 1. The number of carbonyl (C=O) groups is 1. The van der Waals surface area contributed by atoms with Gasteiger partial charge in [-0.2, -0.15) is 0 Å². The molecule has 1 aliphatic heterocycles. The zero-order chi connectivity index (χ0) is 18.1. The third kappa shape index (κ3) is 2.91. The molecule has 2 heterocycles. The van der Waals surface area contributed by atoms with E-state index in [1.807, 2.05) is 54.3 Å². The van der Waals surface area contributed by atoms with Crippen molar-refractivity contribution < 1.29 is 9.53 Å². The van der Waals surface area contributed by atoms with Gasteiger partial charge in [-0.15, -0.1) is 0 Å². The van der Waals surface area contributed by atoms with Crippen molar-refractivity contribution in [3.05, 3.63) is 75.6 Å². The summed E-state index contributed by atoms with van der Waals surface area (Å²) in [7, 11) is 0. The van der Waals surface area contributed by atoms with E-state index in [-0.39, 0.29) is 11.3 Å². The number of pyridine rings is 1. The minimum Gasteiger partial charge on any atom is -0.378 e. The van der Waals surface area contributed by atoms with Gasteiger partial charge in [0.15, 0.2) is 5.78 Å². The van der Waals surface area contributed by atoms with Crippen molar-refractivity contribution in [3.8, 4) is 0 Å². The Kier molecular flexibility index (Phi) is 4.31. The molecule has 5 nitrogen and oxygen atoms in total. The number of hydrogen-bond acceptors (Lipinski definition) is 4. The molecule has 2 aromatic carbocycles. The van der Waals surface area contributed by atoms with E-state index < -0.39 is 0 Å². The van der Waals surface area contributed by atoms with Crippen molar-refractivity contribution in [2.24, 2.45) is 0 Å². The molecule has 1 aliphatic rings. The van der Waals surface area contributed by atoms with Crippen LogP contribution < -0.4 is 10.5 Å². The van der Waals surface area contributed by atoms with E-state index in [4.69, 9.17) is 4.74 Å². The van der Waals surface area contributed by atoms with Crippen LogP contribution in [-0.4, -0.2) is 37.1 Å². The Morgan fingerprint density at radius 3 is 2.50 bits per heavy atom. The van der Waals surface area contributed by atoms with Crippen molar-refractivity contribution in [3.63, 3.8) is 0 Å². The highest BCUT2D eigenvalue weighted by molar-refractivity contribution is 6.19. The third-order valence-corrected chi connectivity index (χ3v) is 4.74. The number of benzene rings is 2. The van der Waals surface area contributed by atoms with E-state index in [0.717, 1.165) is 5.56 Å². The molecule has 0 saturated carbocycles. The maximum absolute atomic E-state index is 13.4. The Labute approximate surface area is 151 Å². The van der Waals surface area contributed by atoms with Crippen molar-refractivity contribution in [1.82, 2.24) is 4.98 Å². The molecule has 132 valence electrons. The summed E-state index contributed by atoms with van der Waals surface area (Å²) in [5.74, 6) is 0.506. The Hall–Kier alpha value is -2.92. The van der Waals surface area contributed by atoms with Crippen LogP contribution >= 0.6 is 0 Å². The molecule has 1 fully saturated rings. The number of aromatic amines is 1. The summed E-state index contributed by atoms with van der Waals surface area (Å²) in [4.78, 5) is 31.0. The molecular formula is C21H20N2O3. The first-order valence-corrected chi connectivity index (χ1v) is 8.74. The first-order chi connectivity index (χ1) is 12.6. The number of rotatable bonds is 3. The summed E-state index contributed by atoms with van der Waals surface area (Å²) in [5.41, 5.74) is 2.02. The normalized spacial score (nSPS) is 14.6. The van der Waals surface area contributed by atoms with Gasteiger partial charge in [-0.1, -0.05) is 42.0 Å². The highest BCUT2D eigenvalue weighted by Crippen LogP contribution is 2.28. The molecule has 0 spiro atoms. The first kappa shape index (κ1) is 16.5. The van der Waals surface area contributed by atoms with Crippen LogP contribution in [0.1, 0.15) is 21.5 Å². The number of hydrogen-bond donors (Lipinski definition) is 1. The van der Waals surface area contributed by atoms with Gasteiger partial charge in [0.1, 0.15) is 5.82 Å². The van der Waals surface area contributed by atoms with E-state index in [2.05, 4.69) is 4.98 Å². The molecule has 1 aromatic heterocycles. The number of ketones is 1. The minimum absolute atomic E-state index is 0.0809. The average molecular weight is 348 g/mol. The maximum atomic E-state index is 13.4. The molecule has 5 heteroatoms. The number of H-pyrrole nitrogens is 1. The number of aromatic nitrogens is 1. The summed E-state index contributed by atoms with van der Waals surface area (Å²) in [6, 6.07) is 14.8. The van der Waals surface area contributed by atoms with Crippen molar-refractivity contribution in [2.75, 3.05) is 31.2 Å². The molecule has 1 saturated heterocycles. The van der Waals surface area contributed by atoms with Crippen LogP contribution in [0.25, 0.3) is 10.8 Å². The van der Waals surface area contributed by atoms with Gasteiger partial charge in [0.05, 0.1) is 18.8 Å². The van der Waals surface area contributed by atoms with Gasteiger partial charge in [-0.25, -0.2) is 0 Å². The van der Waals surface area contributed by atoms with Crippen LogP contribution in [-0.2, 0) is 4.74 Å². The van der Waals surface area contributed by atoms with Crippen molar-refractivity contribution >= 4 is 22.4 Å². The lowest BCUT2D eigenvalue weighted by Crippen LogP contribution is -2.38. The molecule has 1 N–H and O–H groups in total. The SMILES string of the molecule is Cc1cccc(C(=O)c2c(N3CCOCC3)[nH]c(=O)c3ccccc23)c1. The lowest BCUT2D eigenvalue weighted by Gasteiger charge is -2.30. The minimum atomic E-state index is -0.178. The Morgan fingerprint density at radius 2 is 1.77 bits per heavy atom.